The molecule has 5 nitrogen and oxygen atoms in total. The Morgan fingerprint density at radius 1 is 0.889 bits per heavy atom. The largest absolute Gasteiger partial charge is 0.356 e. The van der Waals surface area contributed by atoms with Gasteiger partial charge in [-0.3, -0.25) is 14.5 Å². The molecule has 27 heavy (non-hydrogen) atoms. The maximum atomic E-state index is 12.5. The highest BCUT2D eigenvalue weighted by Gasteiger charge is 2.40. The van der Waals surface area contributed by atoms with Crippen molar-refractivity contribution in [1.29, 1.82) is 0 Å². The molecule has 0 unspecified atom stereocenters. The van der Waals surface area contributed by atoms with Crippen LogP contribution in [0.1, 0.15) is 80.1 Å². The fourth-order valence-corrected chi connectivity index (χ4v) is 4.25. The second-order valence-electron chi connectivity index (χ2n) is 10.6. The number of piperidine rings is 2. The van der Waals surface area contributed by atoms with Crippen LogP contribution in [0.25, 0.3) is 0 Å². The number of hydrogen-bond acceptors (Lipinski definition) is 3. The Labute approximate surface area is 166 Å². The summed E-state index contributed by atoms with van der Waals surface area (Å²) in [7, 11) is 0. The van der Waals surface area contributed by atoms with Crippen LogP contribution in [0.3, 0.4) is 0 Å². The number of nitrogens with one attached hydrogen (secondary N) is 1. The molecule has 0 bridgehead atoms. The predicted molar refractivity (Wildman–Crippen MR) is 111 cm³/mol. The first-order valence-electron chi connectivity index (χ1n) is 10.7. The first-order valence-corrected chi connectivity index (χ1v) is 10.7. The van der Waals surface area contributed by atoms with Crippen LogP contribution in [0.15, 0.2) is 0 Å². The van der Waals surface area contributed by atoms with Gasteiger partial charge < -0.3 is 10.2 Å². The van der Waals surface area contributed by atoms with Crippen molar-refractivity contribution < 1.29 is 9.59 Å². The molecule has 2 saturated heterocycles. The smallest absolute Gasteiger partial charge is 0.225 e. The Morgan fingerprint density at radius 3 is 1.89 bits per heavy atom. The third-order valence-electron chi connectivity index (χ3n) is 6.48. The fraction of sp³-hybridized carbons (Fsp3) is 0.909. The molecule has 2 aliphatic rings. The van der Waals surface area contributed by atoms with Gasteiger partial charge in [0, 0.05) is 37.0 Å². The molecular weight excluding hydrogens is 338 g/mol. The van der Waals surface area contributed by atoms with Crippen molar-refractivity contribution in [3.05, 3.63) is 0 Å². The van der Waals surface area contributed by atoms with Gasteiger partial charge in [0.1, 0.15) is 0 Å². The Kier molecular flexibility index (Phi) is 6.99. The van der Waals surface area contributed by atoms with Crippen LogP contribution in [-0.2, 0) is 9.59 Å². The van der Waals surface area contributed by atoms with Crippen LogP contribution in [0, 0.1) is 10.8 Å². The van der Waals surface area contributed by atoms with Gasteiger partial charge in [-0.1, -0.05) is 20.8 Å². The molecule has 0 aliphatic carbocycles. The summed E-state index contributed by atoms with van der Waals surface area (Å²) >= 11 is 0. The van der Waals surface area contributed by atoms with E-state index in [1.165, 1.54) is 25.9 Å². The summed E-state index contributed by atoms with van der Waals surface area (Å²) in [5, 5.41) is 2.93. The van der Waals surface area contributed by atoms with Crippen LogP contribution in [0.2, 0.25) is 0 Å². The number of carbonyl (C=O) groups excluding carboxylic acids is 2. The molecule has 2 rings (SSSR count). The van der Waals surface area contributed by atoms with E-state index in [4.69, 9.17) is 0 Å². The Morgan fingerprint density at radius 2 is 1.41 bits per heavy atom. The number of rotatable bonds is 4. The zero-order valence-electron chi connectivity index (χ0n) is 18.5. The van der Waals surface area contributed by atoms with E-state index >= 15 is 0 Å². The summed E-state index contributed by atoms with van der Waals surface area (Å²) in [5.41, 5.74) is 0.355. The molecule has 156 valence electrons. The highest BCUT2D eigenvalue weighted by molar-refractivity contribution is 5.81. The molecule has 2 fully saturated rings. The van der Waals surface area contributed by atoms with Crippen LogP contribution in [0.4, 0.5) is 0 Å². The van der Waals surface area contributed by atoms with E-state index in [9.17, 15) is 9.59 Å². The molecule has 5 heteroatoms. The van der Waals surface area contributed by atoms with Crippen molar-refractivity contribution in [1.82, 2.24) is 15.1 Å². The monoisotopic (exact) mass is 379 g/mol. The van der Waals surface area contributed by atoms with E-state index in [1.54, 1.807) is 0 Å². The molecular formula is C22H41N3O2. The summed E-state index contributed by atoms with van der Waals surface area (Å²) in [6.07, 6.45) is 6.10. The first-order chi connectivity index (χ1) is 12.4. The molecule has 0 radical (unpaired) electrons. The summed E-state index contributed by atoms with van der Waals surface area (Å²) in [5.74, 6) is 0.304. The number of nitrogens with zero attached hydrogens (tertiary/aromatic N) is 2. The van der Waals surface area contributed by atoms with E-state index in [0.717, 1.165) is 32.4 Å². The van der Waals surface area contributed by atoms with Gasteiger partial charge in [0.15, 0.2) is 0 Å². The van der Waals surface area contributed by atoms with Crippen molar-refractivity contribution in [3.63, 3.8) is 0 Å². The zero-order chi connectivity index (χ0) is 20.3. The molecule has 1 N–H and O–H groups in total. The number of amides is 2. The molecule has 0 aromatic heterocycles. The first kappa shape index (κ1) is 22.2. The van der Waals surface area contributed by atoms with Crippen LogP contribution in [-0.4, -0.2) is 59.9 Å². The molecule has 0 aromatic carbocycles. The normalized spacial score (nSPS) is 21.3. The van der Waals surface area contributed by atoms with Crippen LogP contribution < -0.4 is 5.32 Å². The number of hydrogen-bond donors (Lipinski definition) is 1. The van der Waals surface area contributed by atoms with Crippen LogP contribution in [0.5, 0.6) is 0 Å². The minimum absolute atomic E-state index is 0.0523. The Bertz CT molecular complexity index is 513. The lowest BCUT2D eigenvalue weighted by Crippen LogP contribution is -2.52. The summed E-state index contributed by atoms with van der Waals surface area (Å²) in [6.45, 7) is 17.4. The van der Waals surface area contributed by atoms with Gasteiger partial charge in [-0.05, 0) is 71.4 Å². The minimum atomic E-state index is -0.367. The van der Waals surface area contributed by atoms with Crippen LogP contribution >= 0.6 is 0 Å². The Balaban J connectivity index is 1.68. The maximum absolute atomic E-state index is 12.5. The average Bonchev–Trinajstić information content (AvgIpc) is 2.57. The molecule has 2 heterocycles. The highest BCUT2D eigenvalue weighted by Crippen LogP contribution is 2.42. The quantitative estimate of drug-likeness (QED) is 0.762. The number of carbonyl (C=O) groups is 2. The average molecular weight is 380 g/mol. The standard InChI is InChI=1S/C22H41N3O2/c1-20(2,3)19(27)23-13-7-8-18(26)24-14-9-22(10-15-24)11-16-25(17-12-22)21(4,5)6/h7-17H2,1-6H3,(H,23,27). The molecule has 1 spiro atoms. The van der Waals surface area contributed by atoms with Gasteiger partial charge in [-0.25, -0.2) is 0 Å². The molecule has 0 aromatic rings. The summed E-state index contributed by atoms with van der Waals surface area (Å²) < 4.78 is 0. The third-order valence-corrected chi connectivity index (χ3v) is 6.48. The van der Waals surface area contributed by atoms with E-state index in [1.807, 2.05) is 25.7 Å². The SMILES string of the molecule is CC(C)(C)C(=O)NCCCC(=O)N1CCC2(CC1)CCN(C(C)(C)C)CC2. The molecule has 2 amide bonds. The molecule has 0 atom stereocenters. The van der Waals surface area contributed by atoms with E-state index in [-0.39, 0.29) is 22.8 Å². The third kappa shape index (κ3) is 6.20. The van der Waals surface area contributed by atoms with E-state index < -0.39 is 0 Å². The lowest BCUT2D eigenvalue weighted by Gasteiger charge is -2.49. The van der Waals surface area contributed by atoms with Gasteiger partial charge in [0.05, 0.1) is 0 Å². The van der Waals surface area contributed by atoms with Gasteiger partial charge in [-0.15, -0.1) is 0 Å². The Hall–Kier alpha value is -1.10. The maximum Gasteiger partial charge on any atom is 0.225 e. The van der Waals surface area contributed by atoms with Crippen molar-refractivity contribution in [3.8, 4) is 0 Å². The van der Waals surface area contributed by atoms with E-state index in [2.05, 4.69) is 31.0 Å². The van der Waals surface area contributed by atoms with Crippen molar-refractivity contribution in [2.24, 2.45) is 10.8 Å². The second-order valence-corrected chi connectivity index (χ2v) is 10.6. The van der Waals surface area contributed by atoms with Gasteiger partial charge in [0.25, 0.3) is 0 Å². The second kappa shape index (κ2) is 8.50. The van der Waals surface area contributed by atoms with Crippen molar-refractivity contribution in [2.45, 2.75) is 85.6 Å². The predicted octanol–water partition coefficient (Wildman–Crippen LogP) is 3.43. The van der Waals surface area contributed by atoms with Crippen molar-refractivity contribution >= 4 is 11.8 Å². The van der Waals surface area contributed by atoms with Gasteiger partial charge in [0.2, 0.25) is 11.8 Å². The molecule has 0 saturated carbocycles. The van der Waals surface area contributed by atoms with Gasteiger partial charge in [-0.2, -0.15) is 0 Å². The highest BCUT2D eigenvalue weighted by atomic mass is 16.2. The number of likely N-dealkylation sites (tertiary alicyclic amines) is 2. The van der Waals surface area contributed by atoms with E-state index in [0.29, 0.717) is 18.4 Å². The zero-order valence-corrected chi connectivity index (χ0v) is 18.5. The molecule has 2 aliphatic heterocycles. The fourth-order valence-electron chi connectivity index (χ4n) is 4.25. The lowest BCUT2D eigenvalue weighted by atomic mass is 9.70. The lowest BCUT2D eigenvalue weighted by molar-refractivity contribution is -0.134. The summed E-state index contributed by atoms with van der Waals surface area (Å²) in [6, 6.07) is 0. The van der Waals surface area contributed by atoms with Gasteiger partial charge >= 0.3 is 0 Å². The topological polar surface area (TPSA) is 52.7 Å². The minimum Gasteiger partial charge on any atom is -0.356 e. The van der Waals surface area contributed by atoms with Crippen molar-refractivity contribution in [2.75, 3.05) is 32.7 Å². The summed E-state index contributed by atoms with van der Waals surface area (Å²) in [4.78, 5) is 29.0.